The molecule has 15 heteroatoms. The largest absolute Gasteiger partial charge is 0.494 e. The molecule has 2 amide bonds. The molecule has 5 rings (SSSR count). The predicted molar refractivity (Wildman–Crippen MR) is 194 cm³/mol. The van der Waals surface area contributed by atoms with Crippen molar-refractivity contribution >= 4 is 57.9 Å². The molecule has 0 saturated carbocycles. The molecule has 1 aromatic heterocycles. The van der Waals surface area contributed by atoms with Gasteiger partial charge < -0.3 is 40.5 Å². The summed E-state index contributed by atoms with van der Waals surface area (Å²) in [4.78, 5) is 41.9. The lowest BCUT2D eigenvalue weighted by Gasteiger charge is -2.36. The third kappa shape index (κ3) is 9.55. The number of hydrogen-bond donors (Lipinski definition) is 4. The summed E-state index contributed by atoms with van der Waals surface area (Å²) in [5, 5.41) is 12.7. The van der Waals surface area contributed by atoms with Gasteiger partial charge in [0.15, 0.2) is 5.82 Å². The Balaban J connectivity index is 1.21. The molecule has 3 heterocycles. The standard InChI is InChI=1S/C34H47ClN10O4/c1-5-36-31(46)22-42-11-15-44(16-12-42)24-7-9-27(29(19-24)48-3)39-33-26(35)21-38-34(41-33)40-28-10-8-25(20-30(28)49-4)45-17-13-43(14-18-45)23-32(47)37-6-2/h7-10,19-21H,5-6,11-18,22-23H2,1-4H3,(H,36,46)(H,37,47)(H2,38,39,40,41). The third-order valence-electron chi connectivity index (χ3n) is 8.57. The van der Waals surface area contributed by atoms with Crippen LogP contribution in [-0.2, 0) is 9.59 Å². The fraction of sp³-hybridized carbons (Fsp3) is 0.471. The first-order valence-corrected chi connectivity index (χ1v) is 17.1. The lowest BCUT2D eigenvalue weighted by Crippen LogP contribution is -2.49. The number of carbonyl (C=O) groups excluding carboxylic acids is 2. The summed E-state index contributed by atoms with van der Waals surface area (Å²) in [6, 6.07) is 11.9. The number of anilines is 6. The van der Waals surface area contributed by atoms with E-state index >= 15 is 0 Å². The molecule has 2 aromatic carbocycles. The Hall–Kier alpha value is -4.53. The second kappa shape index (κ2) is 17.2. The average molecular weight is 695 g/mol. The number of rotatable bonds is 14. The number of benzene rings is 2. The Morgan fingerprint density at radius 3 is 1.65 bits per heavy atom. The topological polar surface area (TPSA) is 139 Å². The molecule has 2 aliphatic rings. The van der Waals surface area contributed by atoms with Gasteiger partial charge >= 0.3 is 0 Å². The molecule has 3 aromatic rings. The molecule has 0 bridgehead atoms. The Morgan fingerprint density at radius 2 is 1.20 bits per heavy atom. The quantitative estimate of drug-likeness (QED) is 0.197. The molecular formula is C34H47ClN10O4. The molecule has 49 heavy (non-hydrogen) atoms. The molecule has 264 valence electrons. The highest BCUT2D eigenvalue weighted by molar-refractivity contribution is 6.33. The predicted octanol–water partition coefficient (Wildman–Crippen LogP) is 3.15. The van der Waals surface area contributed by atoms with Gasteiger partial charge in [-0.15, -0.1) is 0 Å². The molecule has 0 spiro atoms. The summed E-state index contributed by atoms with van der Waals surface area (Å²) >= 11 is 6.53. The summed E-state index contributed by atoms with van der Waals surface area (Å²) in [6.07, 6.45) is 1.54. The van der Waals surface area contributed by atoms with E-state index in [9.17, 15) is 9.59 Å². The van der Waals surface area contributed by atoms with E-state index in [0.717, 1.165) is 63.7 Å². The van der Waals surface area contributed by atoms with Gasteiger partial charge in [0.2, 0.25) is 17.8 Å². The molecule has 2 saturated heterocycles. The first-order valence-electron chi connectivity index (χ1n) is 16.7. The van der Waals surface area contributed by atoms with Crippen LogP contribution in [0.5, 0.6) is 11.5 Å². The number of piperazine rings is 2. The summed E-state index contributed by atoms with van der Waals surface area (Å²) in [7, 11) is 3.26. The summed E-state index contributed by atoms with van der Waals surface area (Å²) in [5.74, 6) is 2.18. The van der Waals surface area contributed by atoms with Crippen LogP contribution in [0.25, 0.3) is 0 Å². The molecule has 2 aliphatic heterocycles. The average Bonchev–Trinajstić information content (AvgIpc) is 3.11. The van der Waals surface area contributed by atoms with Crippen molar-refractivity contribution in [2.24, 2.45) is 0 Å². The van der Waals surface area contributed by atoms with Crippen molar-refractivity contribution < 1.29 is 19.1 Å². The van der Waals surface area contributed by atoms with Crippen molar-refractivity contribution in [1.82, 2.24) is 30.4 Å². The Morgan fingerprint density at radius 1 is 0.735 bits per heavy atom. The molecule has 0 aliphatic carbocycles. The van der Waals surface area contributed by atoms with E-state index in [1.165, 1.54) is 0 Å². The highest BCUT2D eigenvalue weighted by Crippen LogP contribution is 2.35. The molecular weight excluding hydrogens is 648 g/mol. The number of aromatic nitrogens is 2. The van der Waals surface area contributed by atoms with Gasteiger partial charge in [-0.05, 0) is 38.1 Å². The van der Waals surface area contributed by atoms with E-state index in [1.54, 1.807) is 20.4 Å². The number of carbonyl (C=O) groups is 2. The number of halogens is 1. The van der Waals surface area contributed by atoms with Crippen LogP contribution < -0.4 is 40.5 Å². The van der Waals surface area contributed by atoms with Crippen LogP contribution in [0.1, 0.15) is 13.8 Å². The van der Waals surface area contributed by atoms with Crippen LogP contribution in [0.2, 0.25) is 5.02 Å². The van der Waals surface area contributed by atoms with Gasteiger partial charge in [-0.3, -0.25) is 19.4 Å². The maximum absolute atomic E-state index is 12.0. The molecule has 0 atom stereocenters. The van der Waals surface area contributed by atoms with Gasteiger partial charge in [0.1, 0.15) is 16.5 Å². The molecule has 0 unspecified atom stereocenters. The van der Waals surface area contributed by atoms with E-state index in [1.807, 2.05) is 50.2 Å². The van der Waals surface area contributed by atoms with Crippen molar-refractivity contribution in [3.05, 3.63) is 47.6 Å². The van der Waals surface area contributed by atoms with Crippen molar-refractivity contribution in [2.45, 2.75) is 13.8 Å². The lowest BCUT2D eigenvalue weighted by molar-refractivity contribution is -0.123. The SMILES string of the molecule is CCNC(=O)CN1CCN(c2ccc(Nc3ncc(Cl)c(Nc4ccc(N5CCN(CC(=O)NCC)CC5)cc4OC)n3)c(OC)c2)CC1. The number of amides is 2. The fourth-order valence-electron chi connectivity index (χ4n) is 5.96. The second-order valence-corrected chi connectivity index (χ2v) is 12.2. The van der Waals surface area contributed by atoms with Gasteiger partial charge in [0.05, 0.1) is 44.9 Å². The number of ether oxygens (including phenoxy) is 2. The van der Waals surface area contributed by atoms with Gasteiger partial charge in [0.25, 0.3) is 0 Å². The van der Waals surface area contributed by atoms with Crippen LogP contribution in [0.15, 0.2) is 42.6 Å². The van der Waals surface area contributed by atoms with Crippen LogP contribution in [-0.4, -0.2) is 124 Å². The number of hydrogen-bond acceptors (Lipinski definition) is 12. The van der Waals surface area contributed by atoms with Gasteiger partial charge in [-0.1, -0.05) is 11.6 Å². The zero-order chi connectivity index (χ0) is 34.8. The number of nitrogens with zero attached hydrogens (tertiary/aromatic N) is 6. The van der Waals surface area contributed by atoms with Crippen molar-refractivity contribution in [1.29, 1.82) is 0 Å². The van der Waals surface area contributed by atoms with Crippen molar-refractivity contribution in [3.8, 4) is 11.5 Å². The van der Waals surface area contributed by atoms with E-state index in [0.29, 0.717) is 65.8 Å². The van der Waals surface area contributed by atoms with Crippen molar-refractivity contribution in [3.63, 3.8) is 0 Å². The minimum Gasteiger partial charge on any atom is -0.494 e. The van der Waals surface area contributed by atoms with E-state index in [4.69, 9.17) is 21.1 Å². The zero-order valence-electron chi connectivity index (χ0n) is 28.7. The number of nitrogens with one attached hydrogen (secondary N) is 4. The van der Waals surface area contributed by atoms with E-state index in [2.05, 4.69) is 50.8 Å². The number of methoxy groups -OCH3 is 2. The molecule has 2 fully saturated rings. The third-order valence-corrected chi connectivity index (χ3v) is 8.85. The first kappa shape index (κ1) is 35.8. The summed E-state index contributed by atoms with van der Waals surface area (Å²) < 4.78 is 11.5. The maximum Gasteiger partial charge on any atom is 0.234 e. The van der Waals surface area contributed by atoms with Crippen LogP contribution in [0.4, 0.5) is 34.5 Å². The minimum atomic E-state index is 0.0592. The normalized spacial score (nSPS) is 15.4. The monoisotopic (exact) mass is 694 g/mol. The van der Waals surface area contributed by atoms with Gasteiger partial charge in [-0.2, -0.15) is 4.98 Å². The van der Waals surface area contributed by atoms with Crippen LogP contribution >= 0.6 is 11.6 Å². The molecule has 0 radical (unpaired) electrons. The first-order chi connectivity index (χ1) is 23.8. The Labute approximate surface area is 293 Å². The summed E-state index contributed by atoms with van der Waals surface area (Å²) in [6.45, 7) is 12.4. The highest BCUT2D eigenvalue weighted by Gasteiger charge is 2.22. The Kier molecular flexibility index (Phi) is 12.6. The number of likely N-dealkylation sites (N-methyl/N-ethyl adjacent to an activating group) is 2. The second-order valence-electron chi connectivity index (χ2n) is 11.8. The maximum atomic E-state index is 12.0. The van der Waals surface area contributed by atoms with Gasteiger partial charge in [-0.25, -0.2) is 4.98 Å². The smallest absolute Gasteiger partial charge is 0.234 e. The highest BCUT2D eigenvalue weighted by atomic mass is 35.5. The zero-order valence-corrected chi connectivity index (χ0v) is 29.5. The summed E-state index contributed by atoms with van der Waals surface area (Å²) in [5.41, 5.74) is 3.49. The lowest BCUT2D eigenvalue weighted by atomic mass is 10.2. The van der Waals surface area contributed by atoms with Crippen molar-refractivity contribution in [2.75, 3.05) is 113 Å². The fourth-order valence-corrected chi connectivity index (χ4v) is 6.10. The van der Waals surface area contributed by atoms with Crippen LogP contribution in [0.3, 0.4) is 0 Å². The Bertz CT molecular complexity index is 1580. The molecule has 4 N–H and O–H groups in total. The minimum absolute atomic E-state index is 0.0592. The molecule has 14 nitrogen and oxygen atoms in total. The van der Waals surface area contributed by atoms with E-state index < -0.39 is 0 Å². The van der Waals surface area contributed by atoms with E-state index in [-0.39, 0.29) is 11.8 Å². The van der Waals surface area contributed by atoms with Crippen LogP contribution in [0, 0.1) is 0 Å². The van der Waals surface area contributed by atoms with Gasteiger partial charge in [0, 0.05) is 89.0 Å².